The van der Waals surface area contributed by atoms with Crippen LogP contribution in [0.1, 0.15) is 39.9 Å². The normalized spacial score (nSPS) is 11.7. The van der Waals surface area contributed by atoms with Gasteiger partial charge in [-0.05, 0) is 43.2 Å². The molecule has 0 spiro atoms. The summed E-state index contributed by atoms with van der Waals surface area (Å²) in [5.74, 6) is 0.454. The average molecular weight is 399 g/mol. The van der Waals surface area contributed by atoms with E-state index in [1.807, 2.05) is 56.3 Å². The first kappa shape index (κ1) is 22.6. The molecule has 0 aliphatic carbocycles. The molecule has 0 radical (unpaired) electrons. The van der Waals surface area contributed by atoms with E-state index in [1.165, 1.54) is 0 Å². The second kappa shape index (κ2) is 11.3. The van der Waals surface area contributed by atoms with E-state index >= 15 is 0 Å². The monoisotopic (exact) mass is 399 g/mol. The number of rotatable bonds is 11. The molecule has 1 amide bonds. The van der Waals surface area contributed by atoms with Crippen molar-refractivity contribution in [2.24, 2.45) is 0 Å². The molecule has 0 heterocycles. The highest BCUT2D eigenvalue weighted by Crippen LogP contribution is 2.14. The van der Waals surface area contributed by atoms with Gasteiger partial charge in [0.25, 0.3) is 0 Å². The SMILES string of the molecule is COc1ccc(COCC(O)CNC(=O)CCC(=O)c2cc(C)ccc2C)cc1. The van der Waals surface area contributed by atoms with Gasteiger partial charge in [0.05, 0.1) is 26.4 Å². The molecular weight excluding hydrogens is 370 g/mol. The Morgan fingerprint density at radius 1 is 1.07 bits per heavy atom. The smallest absolute Gasteiger partial charge is 0.220 e. The fraction of sp³-hybridized carbons (Fsp3) is 0.391. The summed E-state index contributed by atoms with van der Waals surface area (Å²) in [5, 5.41) is 12.6. The Kier molecular flexibility index (Phi) is 8.83. The summed E-state index contributed by atoms with van der Waals surface area (Å²) in [6.45, 7) is 4.36. The van der Waals surface area contributed by atoms with Crippen LogP contribution in [0.15, 0.2) is 42.5 Å². The first-order chi connectivity index (χ1) is 13.9. The maximum absolute atomic E-state index is 12.3. The fourth-order valence-corrected chi connectivity index (χ4v) is 2.81. The number of carbonyl (C=O) groups is 2. The minimum Gasteiger partial charge on any atom is -0.497 e. The lowest BCUT2D eigenvalue weighted by atomic mass is 9.99. The topological polar surface area (TPSA) is 84.9 Å². The van der Waals surface area contributed by atoms with E-state index in [0.717, 1.165) is 22.4 Å². The van der Waals surface area contributed by atoms with Gasteiger partial charge >= 0.3 is 0 Å². The number of methoxy groups -OCH3 is 1. The number of amides is 1. The Bertz CT molecular complexity index is 817. The van der Waals surface area contributed by atoms with Crippen molar-refractivity contribution in [1.82, 2.24) is 5.32 Å². The summed E-state index contributed by atoms with van der Waals surface area (Å²) in [6.07, 6.45) is -0.585. The van der Waals surface area contributed by atoms with Gasteiger partial charge in [0.1, 0.15) is 5.75 Å². The van der Waals surface area contributed by atoms with Crippen LogP contribution >= 0.6 is 0 Å². The summed E-state index contributed by atoms with van der Waals surface area (Å²) in [5.41, 5.74) is 3.54. The number of aliphatic hydroxyl groups excluding tert-OH is 1. The number of hydrogen-bond donors (Lipinski definition) is 2. The maximum Gasteiger partial charge on any atom is 0.220 e. The lowest BCUT2D eigenvalue weighted by molar-refractivity contribution is -0.121. The van der Waals surface area contributed by atoms with E-state index in [9.17, 15) is 14.7 Å². The largest absolute Gasteiger partial charge is 0.497 e. The predicted molar refractivity (Wildman–Crippen MR) is 111 cm³/mol. The predicted octanol–water partition coefficient (Wildman–Crippen LogP) is 2.97. The van der Waals surface area contributed by atoms with Crippen LogP contribution in [-0.4, -0.2) is 43.2 Å². The molecule has 0 bridgehead atoms. The Morgan fingerprint density at radius 2 is 1.79 bits per heavy atom. The van der Waals surface area contributed by atoms with E-state index in [4.69, 9.17) is 9.47 Å². The molecule has 2 aromatic carbocycles. The van der Waals surface area contributed by atoms with Gasteiger partial charge in [-0.1, -0.05) is 29.8 Å². The fourth-order valence-electron chi connectivity index (χ4n) is 2.81. The third kappa shape index (κ3) is 7.68. The van der Waals surface area contributed by atoms with Gasteiger partial charge in [0, 0.05) is 24.9 Å². The second-order valence-corrected chi connectivity index (χ2v) is 7.06. The van der Waals surface area contributed by atoms with E-state index in [1.54, 1.807) is 7.11 Å². The number of benzene rings is 2. The molecule has 0 saturated heterocycles. The lowest BCUT2D eigenvalue weighted by Gasteiger charge is -2.13. The molecule has 0 aliphatic rings. The third-order valence-corrected chi connectivity index (χ3v) is 4.55. The van der Waals surface area contributed by atoms with Gasteiger partial charge in [-0.3, -0.25) is 9.59 Å². The zero-order chi connectivity index (χ0) is 21.2. The minimum atomic E-state index is -0.813. The van der Waals surface area contributed by atoms with Gasteiger partial charge in [0.2, 0.25) is 5.91 Å². The molecule has 0 saturated carbocycles. The summed E-state index contributed by atoms with van der Waals surface area (Å²) < 4.78 is 10.6. The van der Waals surface area contributed by atoms with Crippen LogP contribution in [0.2, 0.25) is 0 Å². The van der Waals surface area contributed by atoms with Crippen molar-refractivity contribution >= 4 is 11.7 Å². The zero-order valence-electron chi connectivity index (χ0n) is 17.2. The number of aryl methyl sites for hydroxylation is 2. The van der Waals surface area contributed by atoms with Gasteiger partial charge in [-0.2, -0.15) is 0 Å². The number of hydrogen-bond acceptors (Lipinski definition) is 5. The van der Waals surface area contributed by atoms with Gasteiger partial charge in [-0.25, -0.2) is 0 Å². The third-order valence-electron chi connectivity index (χ3n) is 4.55. The van der Waals surface area contributed by atoms with Gasteiger partial charge in [-0.15, -0.1) is 0 Å². The number of Topliss-reactive ketones (excluding diaryl/α,β-unsaturated/α-hetero) is 1. The van der Waals surface area contributed by atoms with Crippen molar-refractivity contribution < 1.29 is 24.2 Å². The Morgan fingerprint density at radius 3 is 2.48 bits per heavy atom. The van der Waals surface area contributed by atoms with Crippen LogP contribution in [0.5, 0.6) is 5.75 Å². The van der Waals surface area contributed by atoms with Gasteiger partial charge < -0.3 is 19.9 Å². The number of ether oxygens (including phenoxy) is 2. The highest BCUT2D eigenvalue weighted by Gasteiger charge is 2.13. The highest BCUT2D eigenvalue weighted by atomic mass is 16.5. The molecule has 6 heteroatoms. The maximum atomic E-state index is 12.3. The zero-order valence-corrected chi connectivity index (χ0v) is 17.2. The van der Waals surface area contributed by atoms with Crippen LogP contribution in [0.25, 0.3) is 0 Å². The van der Waals surface area contributed by atoms with E-state index in [-0.39, 0.29) is 37.7 Å². The molecule has 0 aromatic heterocycles. The Hall–Kier alpha value is -2.70. The van der Waals surface area contributed by atoms with E-state index in [2.05, 4.69) is 5.32 Å². The quantitative estimate of drug-likeness (QED) is 0.568. The van der Waals surface area contributed by atoms with Crippen LogP contribution in [0.4, 0.5) is 0 Å². The number of carbonyl (C=O) groups excluding carboxylic acids is 2. The number of ketones is 1. The second-order valence-electron chi connectivity index (χ2n) is 7.06. The lowest BCUT2D eigenvalue weighted by Crippen LogP contribution is -2.34. The molecule has 29 heavy (non-hydrogen) atoms. The van der Waals surface area contributed by atoms with E-state index < -0.39 is 6.10 Å². The molecule has 0 aliphatic heterocycles. The number of aliphatic hydroxyl groups is 1. The molecule has 6 nitrogen and oxygen atoms in total. The summed E-state index contributed by atoms with van der Waals surface area (Å²) in [7, 11) is 1.61. The minimum absolute atomic E-state index is 0.0512. The molecule has 156 valence electrons. The first-order valence-electron chi connectivity index (χ1n) is 9.65. The molecule has 1 unspecified atom stereocenters. The van der Waals surface area contributed by atoms with Crippen LogP contribution in [-0.2, 0) is 16.1 Å². The molecule has 2 N–H and O–H groups in total. The van der Waals surface area contributed by atoms with Crippen molar-refractivity contribution in [3.63, 3.8) is 0 Å². The number of nitrogens with one attached hydrogen (secondary N) is 1. The Labute approximate surface area is 171 Å². The average Bonchev–Trinajstić information content (AvgIpc) is 2.72. The van der Waals surface area contributed by atoms with Crippen LogP contribution in [0, 0.1) is 13.8 Å². The summed E-state index contributed by atoms with van der Waals surface area (Å²) in [6, 6.07) is 13.2. The summed E-state index contributed by atoms with van der Waals surface area (Å²) in [4.78, 5) is 24.3. The highest BCUT2D eigenvalue weighted by molar-refractivity contribution is 5.99. The molecule has 2 rings (SSSR count). The molecule has 0 fully saturated rings. The van der Waals surface area contributed by atoms with Gasteiger partial charge in [0.15, 0.2) is 5.78 Å². The molecular formula is C23H29NO5. The molecule has 1 atom stereocenters. The van der Waals surface area contributed by atoms with E-state index in [0.29, 0.717) is 12.2 Å². The van der Waals surface area contributed by atoms with Crippen LogP contribution < -0.4 is 10.1 Å². The molecule has 2 aromatic rings. The van der Waals surface area contributed by atoms with Crippen molar-refractivity contribution in [1.29, 1.82) is 0 Å². The first-order valence-corrected chi connectivity index (χ1v) is 9.65. The van der Waals surface area contributed by atoms with Crippen molar-refractivity contribution in [3.8, 4) is 5.75 Å². The van der Waals surface area contributed by atoms with Crippen molar-refractivity contribution in [2.45, 2.75) is 39.4 Å². The summed E-state index contributed by atoms with van der Waals surface area (Å²) >= 11 is 0. The standard InChI is InChI=1S/C23H29NO5/c1-16-4-5-17(2)21(12-16)22(26)10-11-23(27)24-13-19(25)15-29-14-18-6-8-20(28-3)9-7-18/h4-9,12,19,25H,10-11,13-15H2,1-3H3,(H,24,27). The van der Waals surface area contributed by atoms with Crippen molar-refractivity contribution in [3.05, 3.63) is 64.7 Å². The van der Waals surface area contributed by atoms with Crippen LogP contribution in [0.3, 0.4) is 0 Å². The van der Waals surface area contributed by atoms with Crippen molar-refractivity contribution in [2.75, 3.05) is 20.3 Å². The Balaban J connectivity index is 1.64.